The standard InChI is InChI=1S/C19H16Cl2N2O5S2/c1-11-7-9-13(10-8-11)30(26,27)28-17-12(2)18(24)23(19(22-17)29(3)25)15-6-4-5-14(20)16(15)21/h4-10H,1-3H3. The lowest BCUT2D eigenvalue weighted by atomic mass is 10.2. The van der Waals surface area contributed by atoms with E-state index in [1.807, 2.05) is 6.92 Å². The van der Waals surface area contributed by atoms with E-state index in [0.717, 1.165) is 10.1 Å². The lowest BCUT2D eigenvalue weighted by Gasteiger charge is -2.16. The molecule has 0 aliphatic rings. The Balaban J connectivity index is 2.18. The molecule has 0 bridgehead atoms. The number of hydrogen-bond acceptors (Lipinski definition) is 6. The fourth-order valence-corrected chi connectivity index (χ4v) is 4.54. The molecule has 1 atom stereocenters. The van der Waals surface area contributed by atoms with E-state index in [9.17, 15) is 17.8 Å². The van der Waals surface area contributed by atoms with Gasteiger partial charge in [-0.15, -0.1) is 4.98 Å². The highest BCUT2D eigenvalue weighted by molar-refractivity contribution is 7.90. The molecule has 1 unspecified atom stereocenters. The third-order valence-electron chi connectivity index (χ3n) is 4.16. The summed E-state index contributed by atoms with van der Waals surface area (Å²) in [5.74, 6) is -0.458. The van der Waals surface area contributed by atoms with E-state index in [-0.39, 0.29) is 31.3 Å². The van der Waals surface area contributed by atoms with Crippen LogP contribution < -0.4 is 9.74 Å². The summed E-state index contributed by atoms with van der Waals surface area (Å²) >= 11 is 10.5. The van der Waals surface area contributed by atoms with Crippen LogP contribution in [0.1, 0.15) is 11.1 Å². The molecule has 0 fully saturated rings. The number of aryl methyl sites for hydroxylation is 1. The van der Waals surface area contributed by atoms with E-state index in [0.29, 0.717) is 0 Å². The van der Waals surface area contributed by atoms with Gasteiger partial charge in [0.15, 0.2) is 0 Å². The van der Waals surface area contributed by atoms with Crippen molar-refractivity contribution in [1.82, 2.24) is 9.55 Å². The summed E-state index contributed by atoms with van der Waals surface area (Å²) in [6, 6.07) is 10.6. The minimum atomic E-state index is -4.26. The first-order chi connectivity index (χ1) is 14.0. The molecule has 158 valence electrons. The summed E-state index contributed by atoms with van der Waals surface area (Å²) in [6.45, 7) is 3.17. The minimum absolute atomic E-state index is 0.0649. The van der Waals surface area contributed by atoms with E-state index >= 15 is 0 Å². The average Bonchev–Trinajstić information content (AvgIpc) is 2.68. The van der Waals surface area contributed by atoms with Crippen molar-refractivity contribution < 1.29 is 17.2 Å². The van der Waals surface area contributed by atoms with Crippen LogP contribution in [0.2, 0.25) is 10.0 Å². The summed E-state index contributed by atoms with van der Waals surface area (Å²) in [5, 5.41) is 0.0211. The van der Waals surface area contributed by atoms with Gasteiger partial charge in [0.25, 0.3) is 5.56 Å². The molecule has 7 nitrogen and oxygen atoms in total. The number of aromatic nitrogens is 2. The zero-order chi connectivity index (χ0) is 22.2. The number of nitrogens with zero attached hydrogens (tertiary/aromatic N) is 2. The molecule has 3 rings (SSSR count). The SMILES string of the molecule is Cc1ccc(S(=O)(=O)Oc2nc([S+](C)[O-])n(-c3cccc(Cl)c3Cl)c(=O)c2C)cc1. The van der Waals surface area contributed by atoms with Gasteiger partial charge < -0.3 is 8.74 Å². The maximum atomic E-state index is 13.1. The van der Waals surface area contributed by atoms with Crippen molar-refractivity contribution in [2.75, 3.05) is 6.26 Å². The molecule has 0 saturated heterocycles. The van der Waals surface area contributed by atoms with E-state index in [4.69, 9.17) is 27.4 Å². The lowest BCUT2D eigenvalue weighted by Crippen LogP contribution is -2.29. The van der Waals surface area contributed by atoms with Crippen LogP contribution >= 0.6 is 23.2 Å². The summed E-state index contributed by atoms with van der Waals surface area (Å²) in [7, 11) is -4.26. The zero-order valence-corrected chi connectivity index (χ0v) is 19.2. The Morgan fingerprint density at radius 1 is 1.10 bits per heavy atom. The summed E-state index contributed by atoms with van der Waals surface area (Å²) in [4.78, 5) is 17.0. The number of halogens is 2. The summed E-state index contributed by atoms with van der Waals surface area (Å²) in [6.07, 6.45) is 1.30. The summed E-state index contributed by atoms with van der Waals surface area (Å²) < 4.78 is 43.7. The predicted octanol–water partition coefficient (Wildman–Crippen LogP) is 3.66. The Bertz CT molecular complexity index is 1270. The van der Waals surface area contributed by atoms with Crippen LogP contribution in [-0.2, 0) is 21.3 Å². The fourth-order valence-electron chi connectivity index (χ4n) is 2.58. The van der Waals surface area contributed by atoms with Gasteiger partial charge in [0.05, 0.1) is 21.3 Å². The highest BCUT2D eigenvalue weighted by atomic mass is 35.5. The van der Waals surface area contributed by atoms with Crippen molar-refractivity contribution in [3.05, 3.63) is 74.0 Å². The molecule has 2 aromatic carbocycles. The minimum Gasteiger partial charge on any atom is -0.609 e. The Morgan fingerprint density at radius 3 is 2.33 bits per heavy atom. The average molecular weight is 487 g/mol. The van der Waals surface area contributed by atoms with Crippen molar-refractivity contribution in [1.29, 1.82) is 0 Å². The second kappa shape index (κ2) is 8.60. The molecule has 11 heteroatoms. The second-order valence-corrected chi connectivity index (χ2v) is 9.95. The highest BCUT2D eigenvalue weighted by Crippen LogP contribution is 2.30. The Hall–Kier alpha value is -2.04. The predicted molar refractivity (Wildman–Crippen MR) is 116 cm³/mol. The largest absolute Gasteiger partial charge is 0.609 e. The first-order valence-corrected chi connectivity index (χ1v) is 12.2. The maximum absolute atomic E-state index is 13.1. The van der Waals surface area contributed by atoms with Crippen molar-refractivity contribution in [2.45, 2.75) is 23.9 Å². The Labute approximate surface area is 186 Å². The van der Waals surface area contributed by atoms with Crippen molar-refractivity contribution in [3.63, 3.8) is 0 Å². The molecular formula is C19H16Cl2N2O5S2. The van der Waals surface area contributed by atoms with Gasteiger partial charge in [0.1, 0.15) is 11.2 Å². The van der Waals surface area contributed by atoms with Gasteiger partial charge in [0, 0.05) is 11.2 Å². The van der Waals surface area contributed by atoms with Crippen molar-refractivity contribution >= 4 is 44.5 Å². The van der Waals surface area contributed by atoms with Crippen molar-refractivity contribution in [3.8, 4) is 11.6 Å². The van der Waals surface area contributed by atoms with Gasteiger partial charge in [-0.25, -0.2) is 4.57 Å². The number of rotatable bonds is 5. The summed E-state index contributed by atoms with van der Waals surface area (Å²) in [5.41, 5.74) is 0.250. The molecule has 0 N–H and O–H groups in total. The third kappa shape index (κ3) is 4.35. The van der Waals surface area contributed by atoms with Crippen LogP contribution in [0.4, 0.5) is 0 Å². The number of benzene rings is 2. The van der Waals surface area contributed by atoms with E-state index in [1.54, 1.807) is 18.2 Å². The first-order valence-electron chi connectivity index (χ1n) is 8.45. The van der Waals surface area contributed by atoms with Gasteiger partial charge in [-0.1, -0.05) is 47.0 Å². The molecular weight excluding hydrogens is 471 g/mol. The molecule has 1 aromatic heterocycles. The monoisotopic (exact) mass is 486 g/mol. The van der Waals surface area contributed by atoms with E-state index < -0.39 is 32.7 Å². The van der Waals surface area contributed by atoms with Gasteiger partial charge in [-0.3, -0.25) is 4.79 Å². The van der Waals surface area contributed by atoms with E-state index in [1.165, 1.54) is 37.4 Å². The van der Waals surface area contributed by atoms with Gasteiger partial charge in [0.2, 0.25) is 5.88 Å². The second-order valence-electron chi connectivity index (χ2n) is 6.34. The van der Waals surface area contributed by atoms with Gasteiger partial charge >= 0.3 is 15.3 Å². The van der Waals surface area contributed by atoms with Crippen molar-refractivity contribution in [2.24, 2.45) is 0 Å². The molecule has 30 heavy (non-hydrogen) atoms. The quantitative estimate of drug-likeness (QED) is 0.309. The molecule has 0 amide bonds. The van der Waals surface area contributed by atoms with Crippen LogP contribution in [0.3, 0.4) is 0 Å². The molecule has 0 saturated carbocycles. The zero-order valence-electron chi connectivity index (χ0n) is 16.0. The third-order valence-corrected chi connectivity index (χ3v) is 6.98. The van der Waals surface area contributed by atoms with Gasteiger partial charge in [-0.2, -0.15) is 8.42 Å². The van der Waals surface area contributed by atoms with Crippen LogP contribution in [0.15, 0.2) is 57.3 Å². The normalized spacial score (nSPS) is 12.6. The number of hydrogen-bond donors (Lipinski definition) is 0. The molecule has 0 radical (unpaired) electrons. The maximum Gasteiger partial charge on any atom is 0.340 e. The topological polar surface area (TPSA) is 101 Å². The Kier molecular flexibility index (Phi) is 6.49. The smallest absolute Gasteiger partial charge is 0.340 e. The van der Waals surface area contributed by atoms with Crippen LogP contribution in [0.5, 0.6) is 5.88 Å². The molecule has 3 aromatic rings. The van der Waals surface area contributed by atoms with E-state index in [2.05, 4.69) is 4.98 Å². The fraction of sp³-hybridized carbons (Fsp3) is 0.158. The molecule has 0 aliphatic heterocycles. The van der Waals surface area contributed by atoms with Crippen LogP contribution in [0, 0.1) is 13.8 Å². The van der Waals surface area contributed by atoms with Crippen LogP contribution in [0.25, 0.3) is 5.69 Å². The Morgan fingerprint density at radius 2 is 1.73 bits per heavy atom. The molecule has 1 heterocycles. The van der Waals surface area contributed by atoms with Gasteiger partial charge in [-0.05, 0) is 38.1 Å². The molecule has 0 spiro atoms. The molecule has 0 aliphatic carbocycles. The lowest BCUT2D eigenvalue weighted by molar-refractivity contribution is 0.463. The highest BCUT2D eigenvalue weighted by Gasteiger charge is 2.27. The van der Waals surface area contributed by atoms with Crippen LogP contribution in [-0.4, -0.2) is 28.8 Å². The first kappa shape index (κ1) is 22.6.